The maximum absolute atomic E-state index is 14.2. The summed E-state index contributed by atoms with van der Waals surface area (Å²) in [5.41, 5.74) is 3.72. The predicted octanol–water partition coefficient (Wildman–Crippen LogP) is 3.34. The number of ether oxygens (including phenoxy) is 1. The Hall–Kier alpha value is -4.19. The van der Waals surface area contributed by atoms with E-state index in [1.54, 1.807) is 62.0 Å². The molecule has 7 atom stereocenters. The fourth-order valence-corrected chi connectivity index (χ4v) is 7.78. The molecule has 0 radical (unpaired) electrons. The summed E-state index contributed by atoms with van der Waals surface area (Å²) in [6.45, 7) is 7.05. The molecule has 2 heterocycles. The molecule has 5 N–H and O–H groups in total. The average Bonchev–Trinajstić information content (AvgIpc) is 3.95. The van der Waals surface area contributed by atoms with E-state index in [2.05, 4.69) is 50.6 Å². The number of nitrogens with one attached hydrogen (secondary N) is 5. The number of rotatable bonds is 15. The van der Waals surface area contributed by atoms with Crippen LogP contribution in [0.4, 0.5) is 0 Å². The van der Waals surface area contributed by atoms with Crippen molar-refractivity contribution in [3.05, 3.63) is 70.8 Å². The van der Waals surface area contributed by atoms with Crippen LogP contribution in [-0.4, -0.2) is 110 Å². The van der Waals surface area contributed by atoms with Gasteiger partial charge >= 0.3 is 0 Å². The molecule has 13 nitrogen and oxygen atoms in total. The number of likely N-dealkylation sites (N-methyl/N-ethyl adjacent to an activating group) is 2. The molecule has 15 heteroatoms. The number of benzene rings is 2. The molecule has 2 aromatic rings. The lowest BCUT2D eigenvalue weighted by atomic mass is 9.87. The van der Waals surface area contributed by atoms with Crippen molar-refractivity contribution in [2.24, 2.45) is 0 Å². The molecule has 58 heavy (non-hydrogen) atoms. The molecule has 0 aromatic heterocycles. The number of hydrogen-bond donors (Lipinski definition) is 5. The van der Waals surface area contributed by atoms with E-state index in [0.717, 1.165) is 37.7 Å². The number of hydrogen-bond acceptors (Lipinski definition) is 8. The average molecular weight is 843 g/mol. The molecule has 5 amide bonds. The summed E-state index contributed by atoms with van der Waals surface area (Å²) < 4.78 is 6.05. The minimum absolute atomic E-state index is 0. The number of nitrogens with zero attached hydrogens (tertiary/aromatic N) is 2. The zero-order chi connectivity index (χ0) is 40.2. The second-order valence-electron chi connectivity index (χ2n) is 15.0. The fourth-order valence-electron chi connectivity index (χ4n) is 7.78. The quantitative estimate of drug-likeness (QED) is 0.171. The first-order valence-electron chi connectivity index (χ1n) is 20.2. The maximum Gasteiger partial charge on any atom is 0.249 e. The van der Waals surface area contributed by atoms with Crippen LogP contribution < -0.4 is 26.6 Å². The first-order valence-corrected chi connectivity index (χ1v) is 20.2. The third kappa shape index (κ3) is 12.2. The molecule has 0 unspecified atom stereocenters. The third-order valence-electron chi connectivity index (χ3n) is 11.3. The van der Waals surface area contributed by atoms with E-state index < -0.39 is 36.3 Å². The van der Waals surface area contributed by atoms with Crippen LogP contribution in [0.2, 0.25) is 0 Å². The molecular weight excluding hydrogens is 781 g/mol. The zero-order valence-corrected chi connectivity index (χ0v) is 35.9. The van der Waals surface area contributed by atoms with Crippen LogP contribution in [-0.2, 0) is 35.1 Å². The number of aryl methyl sites for hydroxylation is 1. The van der Waals surface area contributed by atoms with Gasteiger partial charge in [0, 0.05) is 25.2 Å². The van der Waals surface area contributed by atoms with E-state index >= 15 is 0 Å². The number of carbonyl (C=O) groups excluding carboxylic acids is 5. The molecule has 2 saturated heterocycles. The van der Waals surface area contributed by atoms with E-state index in [1.165, 1.54) is 5.56 Å². The van der Waals surface area contributed by atoms with Crippen molar-refractivity contribution >= 4 is 54.3 Å². The van der Waals surface area contributed by atoms with Gasteiger partial charge in [0.15, 0.2) is 0 Å². The van der Waals surface area contributed by atoms with E-state index in [0.29, 0.717) is 50.0 Å². The summed E-state index contributed by atoms with van der Waals surface area (Å²) in [5.74, 6) is 4.80. The van der Waals surface area contributed by atoms with Crippen molar-refractivity contribution in [1.29, 1.82) is 0 Å². The molecule has 2 aliphatic heterocycles. The second-order valence-corrected chi connectivity index (χ2v) is 15.0. The predicted molar refractivity (Wildman–Crippen MR) is 229 cm³/mol. The highest BCUT2D eigenvalue weighted by Gasteiger charge is 2.41. The van der Waals surface area contributed by atoms with Crippen molar-refractivity contribution in [2.45, 2.75) is 114 Å². The standard InChI is InChI=1S/C43H59N7O6.2ClH/c1-6-34(45-5)40(52)48-38(42(54)49-24-9-10-25-49)32-22-20-30(21-23-32)14-13-27-56-29(3)37(47-39(51)28(2)44-4)43(55)50-26-12-19-36(50)41(53)46-35-18-11-16-31-15-7-8-17-33(31)35;;/h7-8,15,17,20-23,28-29,34-38,44-45H,6,9-12,16,18-19,24-27H2,1-5H3,(H,46,53)(H,47,51)(H,48,52);2*1H/t28-,29+,34-,35+,36-,37-,38-;;/m0../s1. The Kier molecular flexibility index (Phi) is 19.4. The van der Waals surface area contributed by atoms with E-state index in [-0.39, 0.29) is 67.0 Å². The smallest absolute Gasteiger partial charge is 0.249 e. The van der Waals surface area contributed by atoms with E-state index in [1.807, 2.05) is 19.1 Å². The van der Waals surface area contributed by atoms with Gasteiger partial charge in [0.2, 0.25) is 29.5 Å². The van der Waals surface area contributed by atoms with Gasteiger partial charge in [-0.1, -0.05) is 55.2 Å². The first-order chi connectivity index (χ1) is 27.1. The van der Waals surface area contributed by atoms with Crippen molar-refractivity contribution in [3.63, 3.8) is 0 Å². The number of amides is 5. The van der Waals surface area contributed by atoms with Gasteiger partial charge in [0.05, 0.1) is 24.2 Å². The number of halogens is 2. The summed E-state index contributed by atoms with van der Waals surface area (Å²) in [5, 5.41) is 15.0. The largest absolute Gasteiger partial charge is 0.363 e. The molecule has 2 aromatic carbocycles. The Bertz CT molecular complexity index is 1760. The van der Waals surface area contributed by atoms with Crippen molar-refractivity contribution in [2.75, 3.05) is 40.3 Å². The molecule has 0 bridgehead atoms. The summed E-state index contributed by atoms with van der Waals surface area (Å²) in [4.78, 5) is 70.8. The molecule has 318 valence electrons. The minimum atomic E-state index is -1.04. The van der Waals surface area contributed by atoms with Crippen LogP contribution in [0, 0.1) is 11.8 Å². The van der Waals surface area contributed by atoms with Gasteiger partial charge in [0.25, 0.3) is 0 Å². The van der Waals surface area contributed by atoms with Gasteiger partial charge in [-0.3, -0.25) is 24.0 Å². The Labute approximate surface area is 355 Å². The molecule has 1 aliphatic carbocycles. The highest BCUT2D eigenvalue weighted by Crippen LogP contribution is 2.30. The summed E-state index contributed by atoms with van der Waals surface area (Å²) in [7, 11) is 3.39. The van der Waals surface area contributed by atoms with Crippen LogP contribution in [0.3, 0.4) is 0 Å². The van der Waals surface area contributed by atoms with Crippen LogP contribution in [0.1, 0.15) is 100 Å². The molecule has 0 spiro atoms. The SMILES string of the molecule is CC[C@H](NC)C(=O)N[C@H](C(=O)N1CCCC1)c1ccc(C#CCO[C@H](C)[C@H](NC(=O)[C@H](C)NC)C(=O)N2CCC[C@H]2C(=O)N[C@@H]2CCCc3ccccc32)cc1.Cl.Cl. The van der Waals surface area contributed by atoms with Gasteiger partial charge < -0.3 is 41.1 Å². The monoisotopic (exact) mass is 841 g/mol. The molecule has 0 saturated carbocycles. The normalized spacial score (nSPS) is 19.7. The maximum atomic E-state index is 14.2. The molecule has 5 rings (SSSR count). The highest BCUT2D eigenvalue weighted by atomic mass is 35.5. The number of fused-ring (bicyclic) bond motifs is 1. The Balaban J connectivity index is 0.00000450. The summed E-state index contributed by atoms with van der Waals surface area (Å²) >= 11 is 0. The molecule has 3 aliphatic rings. The van der Waals surface area contributed by atoms with Crippen LogP contribution in [0.25, 0.3) is 0 Å². The van der Waals surface area contributed by atoms with Crippen LogP contribution in [0.15, 0.2) is 48.5 Å². The first kappa shape index (κ1) is 48.2. The molecular formula is C43H61Cl2N7O6. The third-order valence-corrected chi connectivity index (χ3v) is 11.3. The van der Waals surface area contributed by atoms with Crippen molar-refractivity contribution in [3.8, 4) is 11.8 Å². The van der Waals surface area contributed by atoms with Gasteiger partial charge in [-0.05, 0) is 108 Å². The lowest BCUT2D eigenvalue weighted by Crippen LogP contribution is -2.59. The Morgan fingerprint density at radius 1 is 0.828 bits per heavy atom. The van der Waals surface area contributed by atoms with Crippen molar-refractivity contribution in [1.82, 2.24) is 36.4 Å². The highest BCUT2D eigenvalue weighted by molar-refractivity contribution is 5.94. The van der Waals surface area contributed by atoms with Gasteiger partial charge in [-0.2, -0.15) is 0 Å². The second kappa shape index (κ2) is 23.4. The Morgan fingerprint density at radius 3 is 2.21 bits per heavy atom. The lowest BCUT2D eigenvalue weighted by Gasteiger charge is -2.33. The topological polar surface area (TPSA) is 161 Å². The van der Waals surface area contributed by atoms with E-state index in [4.69, 9.17) is 4.74 Å². The molecule has 2 fully saturated rings. The van der Waals surface area contributed by atoms with Gasteiger partial charge in [-0.25, -0.2) is 0 Å². The minimum Gasteiger partial charge on any atom is -0.363 e. The Morgan fingerprint density at radius 2 is 1.53 bits per heavy atom. The fraction of sp³-hybridized carbons (Fsp3) is 0.558. The zero-order valence-electron chi connectivity index (χ0n) is 34.3. The lowest BCUT2D eigenvalue weighted by molar-refractivity contribution is -0.145. The van der Waals surface area contributed by atoms with Crippen molar-refractivity contribution < 1.29 is 28.7 Å². The summed E-state index contributed by atoms with van der Waals surface area (Å²) in [6, 6.07) is 11.8. The van der Waals surface area contributed by atoms with E-state index in [9.17, 15) is 24.0 Å². The van der Waals surface area contributed by atoms with Gasteiger partial charge in [-0.15, -0.1) is 24.8 Å². The van der Waals surface area contributed by atoms with Gasteiger partial charge in [0.1, 0.15) is 24.7 Å². The number of carbonyl (C=O) groups is 5. The summed E-state index contributed by atoms with van der Waals surface area (Å²) in [6.07, 6.45) is 5.73. The van der Waals surface area contributed by atoms with Crippen LogP contribution in [0.5, 0.6) is 0 Å². The number of likely N-dealkylation sites (tertiary alicyclic amines) is 2. The van der Waals surface area contributed by atoms with Crippen LogP contribution >= 0.6 is 24.8 Å².